The molecule has 0 aliphatic rings. The van der Waals surface area contributed by atoms with Crippen LogP contribution >= 0.6 is 0 Å². The Bertz CT molecular complexity index is 107. The van der Waals surface area contributed by atoms with Crippen LogP contribution in [0.25, 0.3) is 0 Å². The van der Waals surface area contributed by atoms with Crippen molar-refractivity contribution in [1.82, 2.24) is 0 Å². The van der Waals surface area contributed by atoms with Crippen LogP contribution in [0.15, 0.2) is 0 Å². The molecule has 110 valence electrons. The molecule has 0 aliphatic heterocycles. The van der Waals surface area contributed by atoms with Crippen LogP contribution in [0.2, 0.25) is 0 Å². The van der Waals surface area contributed by atoms with Crippen molar-refractivity contribution in [2.75, 3.05) is 0 Å². The summed E-state index contributed by atoms with van der Waals surface area (Å²) in [5.41, 5.74) is 0.583. The summed E-state index contributed by atoms with van der Waals surface area (Å²) < 4.78 is 0. The minimum absolute atomic E-state index is 0. The first kappa shape index (κ1) is 25.8. The molecule has 0 rings (SSSR count). The topological polar surface area (TPSA) is 0 Å². The van der Waals surface area contributed by atoms with Crippen molar-refractivity contribution in [3.8, 4) is 0 Å². The van der Waals surface area contributed by atoms with Crippen LogP contribution in [0.3, 0.4) is 0 Å². The maximum atomic E-state index is 2.33. The molecule has 0 saturated heterocycles. The summed E-state index contributed by atoms with van der Waals surface area (Å²) in [5.74, 6) is 0.954. The molecule has 0 spiro atoms. The molecule has 0 saturated carbocycles. The quantitative estimate of drug-likeness (QED) is 0.460. The normalized spacial score (nSPS) is 11.5. The van der Waals surface area contributed by atoms with E-state index in [-0.39, 0.29) is 14.9 Å². The maximum Gasteiger partial charge on any atom is -0.0359 e. The van der Waals surface area contributed by atoms with Gasteiger partial charge in [-0.25, -0.2) is 0 Å². The van der Waals surface area contributed by atoms with Gasteiger partial charge in [0.25, 0.3) is 0 Å². The molecule has 17 heavy (non-hydrogen) atoms. The zero-order valence-corrected chi connectivity index (χ0v) is 12.3. The molecule has 0 bridgehead atoms. The number of hydrogen-bond donors (Lipinski definition) is 0. The lowest BCUT2D eigenvalue weighted by atomic mass is 9.88. The predicted octanol–water partition coefficient (Wildman–Crippen LogP) is 7.33. The monoisotopic (exact) mass is 246 g/mol. The molecule has 0 heteroatoms. The van der Waals surface area contributed by atoms with E-state index in [0.29, 0.717) is 5.41 Å². The SMILES string of the molecule is C.C.CCC(C)(C)CC.CCCCC(C)CC. The fourth-order valence-electron chi connectivity index (χ4n) is 1.01. The van der Waals surface area contributed by atoms with Gasteiger partial charge in [0.2, 0.25) is 0 Å². The van der Waals surface area contributed by atoms with Crippen molar-refractivity contribution in [1.29, 1.82) is 0 Å². The second-order valence-corrected chi connectivity index (χ2v) is 5.53. The molecule has 0 heterocycles. The Morgan fingerprint density at radius 2 is 1.29 bits per heavy atom. The van der Waals surface area contributed by atoms with Crippen LogP contribution in [0.1, 0.15) is 102 Å². The lowest BCUT2D eigenvalue weighted by Crippen LogP contribution is -2.05. The van der Waals surface area contributed by atoms with Gasteiger partial charge in [-0.15, -0.1) is 0 Å². The third-order valence-electron chi connectivity index (χ3n) is 3.66. The molecular weight excluding hydrogens is 204 g/mol. The smallest absolute Gasteiger partial charge is 0.0359 e. The average Bonchev–Trinajstić information content (AvgIpc) is 2.26. The first-order chi connectivity index (χ1) is 6.93. The van der Waals surface area contributed by atoms with E-state index in [0.717, 1.165) is 5.92 Å². The Hall–Kier alpha value is 0. The predicted molar refractivity (Wildman–Crippen MR) is 86.8 cm³/mol. The molecule has 0 aromatic heterocycles. The summed E-state index contributed by atoms with van der Waals surface area (Å²) in [4.78, 5) is 0. The lowest BCUT2D eigenvalue weighted by Gasteiger charge is -2.18. The Morgan fingerprint density at radius 3 is 1.47 bits per heavy atom. The minimum Gasteiger partial charge on any atom is -0.0776 e. The third kappa shape index (κ3) is 21.8. The van der Waals surface area contributed by atoms with Gasteiger partial charge in [0, 0.05) is 0 Å². The van der Waals surface area contributed by atoms with Crippen LogP contribution in [0, 0.1) is 11.3 Å². The van der Waals surface area contributed by atoms with Crippen LogP contribution in [-0.2, 0) is 0 Å². The highest BCUT2D eigenvalue weighted by Crippen LogP contribution is 2.22. The van der Waals surface area contributed by atoms with Gasteiger partial charge in [0.05, 0.1) is 0 Å². The van der Waals surface area contributed by atoms with Gasteiger partial charge in [0.15, 0.2) is 0 Å². The van der Waals surface area contributed by atoms with Gasteiger partial charge < -0.3 is 0 Å². The number of hydrogen-bond acceptors (Lipinski definition) is 0. The summed E-state index contributed by atoms with van der Waals surface area (Å²) >= 11 is 0. The molecule has 1 unspecified atom stereocenters. The summed E-state index contributed by atoms with van der Waals surface area (Å²) in [6.45, 7) is 15.9. The lowest BCUT2D eigenvalue weighted by molar-refractivity contribution is 0.338. The maximum absolute atomic E-state index is 2.33. The van der Waals surface area contributed by atoms with Gasteiger partial charge in [0.1, 0.15) is 0 Å². The molecule has 0 aromatic carbocycles. The van der Waals surface area contributed by atoms with Gasteiger partial charge in [-0.2, -0.15) is 0 Å². The fraction of sp³-hybridized carbons (Fsp3) is 1.00. The molecule has 0 aromatic rings. The Morgan fingerprint density at radius 1 is 0.882 bits per heavy atom. The van der Waals surface area contributed by atoms with Crippen LogP contribution in [0.5, 0.6) is 0 Å². The van der Waals surface area contributed by atoms with Gasteiger partial charge >= 0.3 is 0 Å². The zero-order chi connectivity index (χ0) is 12.3. The molecule has 0 amide bonds. The second-order valence-electron chi connectivity index (χ2n) is 5.53. The second kappa shape index (κ2) is 16.0. The molecule has 0 aliphatic carbocycles. The van der Waals surface area contributed by atoms with Crippen LogP contribution < -0.4 is 0 Å². The highest BCUT2D eigenvalue weighted by molar-refractivity contribution is 4.61. The van der Waals surface area contributed by atoms with Crippen molar-refractivity contribution in [3.05, 3.63) is 0 Å². The minimum atomic E-state index is 0. The molecule has 0 fully saturated rings. The summed E-state index contributed by atoms with van der Waals surface area (Å²) in [5, 5.41) is 0. The van der Waals surface area contributed by atoms with Crippen molar-refractivity contribution in [2.45, 2.75) is 102 Å². The van der Waals surface area contributed by atoms with Gasteiger partial charge in [-0.05, 0) is 11.3 Å². The van der Waals surface area contributed by atoms with E-state index in [2.05, 4.69) is 48.5 Å². The standard InChI is InChI=1S/C8H18.C7H16.2CH4/c1-4-6-7-8(3)5-2;1-5-7(3,4)6-2;;/h8H,4-7H2,1-3H3;5-6H2,1-4H3;2*1H4. The van der Waals surface area contributed by atoms with E-state index in [1.807, 2.05) is 0 Å². The third-order valence-corrected chi connectivity index (χ3v) is 3.66. The summed E-state index contributed by atoms with van der Waals surface area (Å²) in [6.07, 6.45) is 8.12. The summed E-state index contributed by atoms with van der Waals surface area (Å²) in [7, 11) is 0. The number of rotatable bonds is 6. The Labute approximate surface area is 114 Å². The molecule has 0 nitrogen and oxygen atoms in total. The molecule has 0 radical (unpaired) electrons. The molecular formula is C17H42. The van der Waals surface area contributed by atoms with Gasteiger partial charge in [-0.3, -0.25) is 0 Å². The van der Waals surface area contributed by atoms with E-state index in [1.165, 1.54) is 38.5 Å². The largest absolute Gasteiger partial charge is 0.0776 e. The van der Waals surface area contributed by atoms with E-state index in [4.69, 9.17) is 0 Å². The van der Waals surface area contributed by atoms with Crippen LogP contribution in [0.4, 0.5) is 0 Å². The summed E-state index contributed by atoms with van der Waals surface area (Å²) in [6, 6.07) is 0. The van der Waals surface area contributed by atoms with Crippen molar-refractivity contribution >= 4 is 0 Å². The average molecular weight is 247 g/mol. The van der Waals surface area contributed by atoms with E-state index >= 15 is 0 Å². The highest BCUT2D eigenvalue weighted by atomic mass is 14.1. The first-order valence-corrected chi connectivity index (χ1v) is 6.93. The van der Waals surface area contributed by atoms with Gasteiger partial charge in [-0.1, -0.05) is 102 Å². The zero-order valence-electron chi connectivity index (χ0n) is 12.3. The van der Waals surface area contributed by atoms with Crippen molar-refractivity contribution in [2.24, 2.45) is 11.3 Å². The Balaban J connectivity index is -0.0000000896. The molecule has 1 atom stereocenters. The Kier molecular flexibility index (Phi) is 24.2. The van der Waals surface area contributed by atoms with Crippen LogP contribution in [-0.4, -0.2) is 0 Å². The fourth-order valence-corrected chi connectivity index (χ4v) is 1.01. The van der Waals surface area contributed by atoms with Crippen molar-refractivity contribution in [3.63, 3.8) is 0 Å². The van der Waals surface area contributed by atoms with E-state index in [1.54, 1.807) is 0 Å². The van der Waals surface area contributed by atoms with E-state index < -0.39 is 0 Å². The van der Waals surface area contributed by atoms with E-state index in [9.17, 15) is 0 Å². The molecule has 0 N–H and O–H groups in total. The number of unbranched alkanes of at least 4 members (excludes halogenated alkanes) is 1. The highest BCUT2D eigenvalue weighted by Gasteiger charge is 2.09. The first-order valence-electron chi connectivity index (χ1n) is 6.93. The van der Waals surface area contributed by atoms with Crippen molar-refractivity contribution < 1.29 is 0 Å².